The molecule has 13 aromatic rings. The summed E-state index contributed by atoms with van der Waals surface area (Å²) < 4.78 is 2.47. The summed E-state index contributed by atoms with van der Waals surface area (Å²) in [7, 11) is 0. The largest absolute Gasteiger partial charge is 0.310 e. The molecule has 2 nitrogen and oxygen atoms in total. The van der Waals surface area contributed by atoms with Gasteiger partial charge in [0.25, 0.3) is 0 Å². The van der Waals surface area contributed by atoms with Gasteiger partial charge in [-0.05, 0) is 150 Å². The molecule has 342 valence electrons. The van der Waals surface area contributed by atoms with Crippen LogP contribution in [0.5, 0.6) is 0 Å². The second kappa shape index (κ2) is 17.4. The minimum atomic E-state index is -0.478. The molecule has 1 heterocycles. The van der Waals surface area contributed by atoms with Crippen molar-refractivity contribution in [3.8, 4) is 50.2 Å². The molecule has 0 fully saturated rings. The normalized spacial score (nSPS) is 12.5. The Kier molecular flexibility index (Phi) is 10.1. The van der Waals surface area contributed by atoms with Crippen molar-refractivity contribution in [2.24, 2.45) is 0 Å². The van der Waals surface area contributed by atoms with E-state index in [9.17, 15) is 0 Å². The molecule has 0 unspecified atom stereocenters. The molecule has 1 aliphatic carbocycles. The SMILES string of the molecule is c1ccc(-c2ccc(N(c3ccc(-c4ccccc4)cc3)c3ccc4cc(-c5ccc6c(c5)c5ccccc5n6-c5ccc6c(c5)C(c5ccccc5)(c5ccccc5)c5ccccc5-6)ccc4c3)cc2)cc1. The Bertz CT molecular complexity index is 4040. The molecule has 1 aromatic heterocycles. The fourth-order valence-electron chi connectivity index (χ4n) is 11.9. The van der Waals surface area contributed by atoms with Gasteiger partial charge < -0.3 is 9.47 Å². The number of hydrogen-bond donors (Lipinski definition) is 0. The molecule has 2 heteroatoms. The van der Waals surface area contributed by atoms with Gasteiger partial charge in [-0.3, -0.25) is 0 Å². The first kappa shape index (κ1) is 42.4. The van der Waals surface area contributed by atoms with Crippen molar-refractivity contribution in [1.29, 1.82) is 0 Å². The van der Waals surface area contributed by atoms with E-state index in [1.807, 2.05) is 0 Å². The van der Waals surface area contributed by atoms with Gasteiger partial charge in [-0.1, -0.05) is 218 Å². The topological polar surface area (TPSA) is 8.17 Å². The number of nitrogens with zero attached hydrogens (tertiary/aromatic N) is 2. The van der Waals surface area contributed by atoms with Crippen LogP contribution in [-0.4, -0.2) is 4.57 Å². The van der Waals surface area contributed by atoms with E-state index in [-0.39, 0.29) is 0 Å². The number of anilines is 3. The second-order valence-electron chi connectivity index (χ2n) is 19.2. The average Bonchev–Trinajstić information content (AvgIpc) is 3.96. The lowest BCUT2D eigenvalue weighted by molar-refractivity contribution is 0.767. The van der Waals surface area contributed by atoms with Crippen LogP contribution in [0.25, 0.3) is 82.8 Å². The zero-order valence-electron chi connectivity index (χ0n) is 40.1. The smallest absolute Gasteiger partial charge is 0.0714 e. The Balaban J connectivity index is 0.852. The predicted octanol–water partition coefficient (Wildman–Crippen LogP) is 18.8. The van der Waals surface area contributed by atoms with E-state index in [0.717, 1.165) is 22.7 Å². The lowest BCUT2D eigenvalue weighted by atomic mass is 9.67. The van der Waals surface area contributed by atoms with Gasteiger partial charge in [0.1, 0.15) is 0 Å². The number of para-hydroxylation sites is 1. The third-order valence-corrected chi connectivity index (χ3v) is 15.3. The van der Waals surface area contributed by atoms with Gasteiger partial charge in [-0.2, -0.15) is 0 Å². The molecule has 0 aliphatic heterocycles. The van der Waals surface area contributed by atoms with Crippen LogP contribution in [0.15, 0.2) is 291 Å². The zero-order valence-corrected chi connectivity index (χ0v) is 40.1. The monoisotopic (exact) mass is 928 g/mol. The molecule has 0 saturated heterocycles. The Labute approximate surface area is 426 Å². The highest BCUT2D eigenvalue weighted by molar-refractivity contribution is 6.11. The van der Waals surface area contributed by atoms with Gasteiger partial charge >= 0.3 is 0 Å². The van der Waals surface area contributed by atoms with Crippen molar-refractivity contribution < 1.29 is 0 Å². The first-order valence-electron chi connectivity index (χ1n) is 25.2. The molecule has 0 saturated carbocycles. The lowest BCUT2D eigenvalue weighted by Gasteiger charge is -2.34. The van der Waals surface area contributed by atoms with Crippen LogP contribution in [0.4, 0.5) is 17.1 Å². The minimum absolute atomic E-state index is 0.478. The maximum Gasteiger partial charge on any atom is 0.0714 e. The Hall–Kier alpha value is -9.50. The summed E-state index contributed by atoms with van der Waals surface area (Å²) in [5, 5.41) is 4.85. The predicted molar refractivity (Wildman–Crippen MR) is 307 cm³/mol. The van der Waals surface area contributed by atoms with Crippen molar-refractivity contribution in [1.82, 2.24) is 4.57 Å². The molecule has 0 radical (unpaired) electrons. The maximum absolute atomic E-state index is 2.47. The zero-order chi connectivity index (χ0) is 48.3. The van der Waals surface area contributed by atoms with Crippen molar-refractivity contribution in [3.05, 3.63) is 313 Å². The van der Waals surface area contributed by atoms with Crippen LogP contribution in [0.1, 0.15) is 22.3 Å². The molecule has 0 amide bonds. The number of fused-ring (bicyclic) bond motifs is 7. The number of aromatic nitrogens is 1. The van der Waals surface area contributed by atoms with Crippen LogP contribution >= 0.6 is 0 Å². The van der Waals surface area contributed by atoms with Crippen molar-refractivity contribution in [3.63, 3.8) is 0 Å². The van der Waals surface area contributed by atoms with Crippen molar-refractivity contribution in [2.45, 2.75) is 5.41 Å². The second-order valence-corrected chi connectivity index (χ2v) is 19.2. The van der Waals surface area contributed by atoms with E-state index in [2.05, 4.69) is 301 Å². The average molecular weight is 929 g/mol. The Morgan fingerprint density at radius 3 is 1.40 bits per heavy atom. The van der Waals surface area contributed by atoms with Crippen LogP contribution in [0.2, 0.25) is 0 Å². The Morgan fingerprint density at radius 1 is 0.274 bits per heavy atom. The molecule has 0 spiro atoms. The van der Waals surface area contributed by atoms with Crippen LogP contribution in [-0.2, 0) is 5.41 Å². The molecule has 1 aliphatic rings. The summed E-state index contributed by atoms with van der Waals surface area (Å²) in [4.78, 5) is 2.36. The standard InChI is InChI=1S/C71H48N2/c1-5-17-49(18-6-1)51-31-37-59(38-32-51)72(60-39-33-52(34-40-60)50-19-7-2-8-20-50)61-41-35-54-45-53(29-30-55(54)46-61)56-36-44-70-66(47-56)65-26-14-16-28-69(65)73(70)62-42-43-64-63-25-13-15-27-67(63)71(68(64)48-62,57-21-9-3-10-22-57)58-23-11-4-12-24-58/h1-48H. The molecular weight excluding hydrogens is 881 g/mol. The summed E-state index contributed by atoms with van der Waals surface area (Å²) in [6.45, 7) is 0. The van der Waals surface area contributed by atoms with Crippen LogP contribution < -0.4 is 4.90 Å². The van der Waals surface area contributed by atoms with E-state index in [4.69, 9.17) is 0 Å². The van der Waals surface area contributed by atoms with Crippen LogP contribution in [0.3, 0.4) is 0 Å². The lowest BCUT2D eigenvalue weighted by Crippen LogP contribution is -2.28. The summed E-state index contributed by atoms with van der Waals surface area (Å²) in [6, 6.07) is 107. The van der Waals surface area contributed by atoms with E-state index in [0.29, 0.717) is 0 Å². The number of benzene rings is 12. The highest BCUT2D eigenvalue weighted by Gasteiger charge is 2.46. The van der Waals surface area contributed by atoms with E-state index in [1.54, 1.807) is 0 Å². The molecular formula is C71H48N2. The fraction of sp³-hybridized carbons (Fsp3) is 0.0141. The third kappa shape index (κ3) is 7.02. The number of rotatable bonds is 9. The maximum atomic E-state index is 2.47. The molecule has 73 heavy (non-hydrogen) atoms. The van der Waals surface area contributed by atoms with Gasteiger partial charge in [0, 0.05) is 33.5 Å². The molecule has 14 rings (SSSR count). The van der Waals surface area contributed by atoms with Gasteiger partial charge in [0.15, 0.2) is 0 Å². The van der Waals surface area contributed by atoms with Crippen molar-refractivity contribution in [2.75, 3.05) is 4.90 Å². The summed E-state index contributed by atoms with van der Waals surface area (Å²) in [5.41, 5.74) is 21.3. The third-order valence-electron chi connectivity index (χ3n) is 15.3. The van der Waals surface area contributed by atoms with Gasteiger partial charge in [0.2, 0.25) is 0 Å². The molecule has 12 aromatic carbocycles. The first-order valence-corrected chi connectivity index (χ1v) is 25.2. The van der Waals surface area contributed by atoms with Crippen molar-refractivity contribution >= 4 is 49.6 Å². The number of hydrogen-bond acceptors (Lipinski definition) is 1. The summed E-state index contributed by atoms with van der Waals surface area (Å²) in [5.74, 6) is 0. The minimum Gasteiger partial charge on any atom is -0.310 e. The molecule has 0 bridgehead atoms. The van der Waals surface area contributed by atoms with E-state index < -0.39 is 5.41 Å². The van der Waals surface area contributed by atoms with Gasteiger partial charge in [-0.25, -0.2) is 0 Å². The fourth-order valence-corrected chi connectivity index (χ4v) is 11.9. The summed E-state index contributed by atoms with van der Waals surface area (Å²) >= 11 is 0. The first-order chi connectivity index (χ1) is 36.2. The molecule has 0 N–H and O–H groups in total. The quantitative estimate of drug-likeness (QED) is 0.140. The van der Waals surface area contributed by atoms with Gasteiger partial charge in [-0.15, -0.1) is 0 Å². The van der Waals surface area contributed by atoms with Crippen LogP contribution in [0, 0.1) is 0 Å². The van der Waals surface area contributed by atoms with E-state index in [1.165, 1.54) is 99.3 Å². The Morgan fingerprint density at radius 2 is 0.740 bits per heavy atom. The molecule has 0 atom stereocenters. The van der Waals surface area contributed by atoms with E-state index >= 15 is 0 Å². The summed E-state index contributed by atoms with van der Waals surface area (Å²) in [6.07, 6.45) is 0. The highest BCUT2D eigenvalue weighted by atomic mass is 15.1. The highest BCUT2D eigenvalue weighted by Crippen LogP contribution is 2.56. The van der Waals surface area contributed by atoms with Gasteiger partial charge in [0.05, 0.1) is 16.4 Å².